The van der Waals surface area contributed by atoms with E-state index in [2.05, 4.69) is 10.3 Å². The zero-order valence-corrected chi connectivity index (χ0v) is 14.8. The van der Waals surface area contributed by atoms with Crippen LogP contribution in [-0.4, -0.2) is 17.4 Å². The molecule has 27 heavy (non-hydrogen) atoms. The van der Waals surface area contributed by atoms with Gasteiger partial charge in [0.1, 0.15) is 5.82 Å². The highest BCUT2D eigenvalue weighted by Gasteiger charge is 2.30. The molecule has 2 aromatic carbocycles. The van der Waals surface area contributed by atoms with Crippen LogP contribution < -0.4 is 5.32 Å². The third kappa shape index (κ3) is 3.82. The van der Waals surface area contributed by atoms with Crippen LogP contribution in [0.3, 0.4) is 0 Å². The molecule has 0 unspecified atom stereocenters. The van der Waals surface area contributed by atoms with E-state index in [0.717, 1.165) is 34.3 Å². The van der Waals surface area contributed by atoms with Crippen molar-refractivity contribution in [3.63, 3.8) is 0 Å². The average molecular weight is 378 g/mol. The Kier molecular flexibility index (Phi) is 4.95. The molecular weight excluding hydrogens is 360 g/mol. The quantitative estimate of drug-likeness (QED) is 0.622. The first-order valence-electron chi connectivity index (χ1n) is 8.40. The van der Waals surface area contributed by atoms with Crippen LogP contribution in [0.25, 0.3) is 10.9 Å². The second kappa shape index (κ2) is 7.06. The standard InChI is InChI=1S/C20H18F4N2O/c1-11-6-7-16(21)18-17(11)15(12(2)26-18)8-9-25-19(27)13-4-3-5-14(10-13)20(22,23)24/h3-7,10,26H,8-9H2,1-2H3,(H,25,27). The minimum Gasteiger partial charge on any atom is -0.356 e. The fourth-order valence-electron chi connectivity index (χ4n) is 3.20. The molecule has 0 saturated carbocycles. The molecule has 7 heteroatoms. The molecule has 0 radical (unpaired) electrons. The monoisotopic (exact) mass is 378 g/mol. The summed E-state index contributed by atoms with van der Waals surface area (Å²) in [4.78, 5) is 15.2. The zero-order chi connectivity index (χ0) is 19.8. The maximum absolute atomic E-state index is 14.0. The van der Waals surface area contributed by atoms with Crippen molar-refractivity contribution in [1.29, 1.82) is 0 Å². The van der Waals surface area contributed by atoms with Crippen LogP contribution in [0, 0.1) is 19.7 Å². The Labute approximate surface area is 153 Å². The molecule has 0 bridgehead atoms. The van der Waals surface area contributed by atoms with Gasteiger partial charge in [-0.1, -0.05) is 12.1 Å². The maximum Gasteiger partial charge on any atom is 0.416 e. The second-order valence-corrected chi connectivity index (χ2v) is 6.43. The van der Waals surface area contributed by atoms with Gasteiger partial charge in [0.15, 0.2) is 0 Å². The summed E-state index contributed by atoms with van der Waals surface area (Å²) in [5, 5.41) is 3.41. The minimum absolute atomic E-state index is 0.0531. The molecular formula is C20H18F4N2O. The fourth-order valence-corrected chi connectivity index (χ4v) is 3.20. The van der Waals surface area contributed by atoms with Crippen LogP contribution in [0.2, 0.25) is 0 Å². The first-order valence-corrected chi connectivity index (χ1v) is 8.40. The van der Waals surface area contributed by atoms with E-state index in [1.54, 1.807) is 6.07 Å². The SMILES string of the molecule is Cc1[nH]c2c(F)ccc(C)c2c1CCNC(=O)c1cccc(C(F)(F)F)c1. The topological polar surface area (TPSA) is 44.9 Å². The Balaban J connectivity index is 1.74. The highest BCUT2D eigenvalue weighted by Crippen LogP contribution is 2.30. The molecule has 3 aromatic rings. The lowest BCUT2D eigenvalue weighted by atomic mass is 10.0. The van der Waals surface area contributed by atoms with Gasteiger partial charge < -0.3 is 10.3 Å². The Morgan fingerprint density at radius 3 is 2.59 bits per heavy atom. The molecule has 0 atom stereocenters. The summed E-state index contributed by atoms with van der Waals surface area (Å²) >= 11 is 0. The van der Waals surface area contributed by atoms with Crippen LogP contribution in [0.15, 0.2) is 36.4 Å². The molecule has 0 fully saturated rings. The summed E-state index contributed by atoms with van der Waals surface area (Å²) in [6, 6.07) is 7.37. The molecule has 1 aromatic heterocycles. The molecule has 0 spiro atoms. The van der Waals surface area contributed by atoms with Crippen molar-refractivity contribution in [2.75, 3.05) is 6.54 Å². The van der Waals surface area contributed by atoms with E-state index in [0.29, 0.717) is 11.9 Å². The predicted octanol–water partition coefficient (Wildman–Crippen LogP) is 4.92. The molecule has 1 heterocycles. The first kappa shape index (κ1) is 18.9. The molecule has 142 valence electrons. The lowest BCUT2D eigenvalue weighted by Gasteiger charge is -2.10. The minimum atomic E-state index is -4.50. The number of alkyl halides is 3. The van der Waals surface area contributed by atoms with Crippen LogP contribution in [-0.2, 0) is 12.6 Å². The van der Waals surface area contributed by atoms with Crippen molar-refractivity contribution < 1.29 is 22.4 Å². The van der Waals surface area contributed by atoms with Crippen molar-refractivity contribution in [3.8, 4) is 0 Å². The smallest absolute Gasteiger partial charge is 0.356 e. The van der Waals surface area contributed by atoms with Crippen molar-refractivity contribution in [1.82, 2.24) is 10.3 Å². The maximum atomic E-state index is 14.0. The van der Waals surface area contributed by atoms with Crippen LogP contribution in [0.5, 0.6) is 0 Å². The predicted molar refractivity (Wildman–Crippen MR) is 95.2 cm³/mol. The lowest BCUT2D eigenvalue weighted by molar-refractivity contribution is -0.137. The number of hydrogen-bond donors (Lipinski definition) is 2. The van der Waals surface area contributed by atoms with Gasteiger partial charge in [-0.3, -0.25) is 4.79 Å². The Bertz CT molecular complexity index is 1010. The van der Waals surface area contributed by atoms with Gasteiger partial charge in [0, 0.05) is 23.2 Å². The molecule has 0 aliphatic heterocycles. The summed E-state index contributed by atoms with van der Waals surface area (Å²) in [6.07, 6.45) is -4.07. The molecule has 1 amide bonds. The highest BCUT2D eigenvalue weighted by atomic mass is 19.4. The number of nitrogens with one attached hydrogen (secondary N) is 2. The number of hydrogen-bond acceptors (Lipinski definition) is 1. The molecule has 3 rings (SSSR count). The van der Waals surface area contributed by atoms with Crippen LogP contribution in [0.4, 0.5) is 17.6 Å². The molecule has 0 aliphatic rings. The number of carbonyl (C=O) groups excluding carboxylic acids is 1. The Morgan fingerprint density at radius 2 is 1.89 bits per heavy atom. The third-order valence-electron chi connectivity index (χ3n) is 4.54. The van der Waals surface area contributed by atoms with E-state index in [1.807, 2.05) is 13.8 Å². The van der Waals surface area contributed by atoms with E-state index in [9.17, 15) is 22.4 Å². The second-order valence-electron chi connectivity index (χ2n) is 6.43. The van der Waals surface area contributed by atoms with Gasteiger partial charge in [-0.05, 0) is 55.7 Å². The number of halogens is 4. The largest absolute Gasteiger partial charge is 0.416 e. The summed E-state index contributed by atoms with van der Waals surface area (Å²) in [6.45, 7) is 3.92. The molecule has 0 aliphatic carbocycles. The van der Waals surface area contributed by atoms with Gasteiger partial charge in [-0.25, -0.2) is 4.39 Å². The van der Waals surface area contributed by atoms with Gasteiger partial charge in [0.2, 0.25) is 0 Å². The third-order valence-corrected chi connectivity index (χ3v) is 4.54. The Morgan fingerprint density at radius 1 is 1.15 bits per heavy atom. The number of aryl methyl sites for hydroxylation is 2. The molecule has 2 N–H and O–H groups in total. The van der Waals surface area contributed by atoms with E-state index < -0.39 is 17.6 Å². The van der Waals surface area contributed by atoms with Gasteiger partial charge in [0.25, 0.3) is 5.91 Å². The van der Waals surface area contributed by atoms with Gasteiger partial charge >= 0.3 is 6.18 Å². The van der Waals surface area contributed by atoms with Gasteiger partial charge in [-0.15, -0.1) is 0 Å². The number of H-pyrrole nitrogens is 1. The number of benzene rings is 2. The zero-order valence-electron chi connectivity index (χ0n) is 14.8. The normalized spacial score (nSPS) is 11.8. The summed E-state index contributed by atoms with van der Waals surface area (Å²) in [5.41, 5.74) is 2.09. The molecule has 0 saturated heterocycles. The first-order chi connectivity index (χ1) is 12.7. The van der Waals surface area contributed by atoms with E-state index >= 15 is 0 Å². The van der Waals surface area contributed by atoms with Crippen molar-refractivity contribution in [2.24, 2.45) is 0 Å². The molecule has 3 nitrogen and oxygen atoms in total. The number of fused-ring (bicyclic) bond motifs is 1. The van der Waals surface area contributed by atoms with Gasteiger partial charge in [0.05, 0.1) is 11.1 Å². The van der Waals surface area contributed by atoms with Gasteiger partial charge in [-0.2, -0.15) is 13.2 Å². The average Bonchev–Trinajstić information content (AvgIpc) is 2.95. The number of aromatic amines is 1. The van der Waals surface area contributed by atoms with E-state index in [-0.39, 0.29) is 17.9 Å². The van der Waals surface area contributed by atoms with Crippen LogP contribution in [0.1, 0.15) is 32.7 Å². The number of amides is 1. The number of rotatable bonds is 4. The summed E-state index contributed by atoms with van der Waals surface area (Å²) < 4.78 is 52.3. The van der Waals surface area contributed by atoms with Crippen LogP contribution >= 0.6 is 0 Å². The highest BCUT2D eigenvalue weighted by molar-refractivity contribution is 5.94. The summed E-state index contributed by atoms with van der Waals surface area (Å²) in [5.74, 6) is -0.931. The lowest BCUT2D eigenvalue weighted by Crippen LogP contribution is -2.26. The number of aromatic nitrogens is 1. The fraction of sp³-hybridized carbons (Fsp3) is 0.250. The van der Waals surface area contributed by atoms with E-state index in [4.69, 9.17) is 0 Å². The summed E-state index contributed by atoms with van der Waals surface area (Å²) in [7, 11) is 0. The Hall–Kier alpha value is -2.83. The number of carbonyl (C=O) groups is 1. The van der Waals surface area contributed by atoms with E-state index in [1.165, 1.54) is 18.2 Å². The van der Waals surface area contributed by atoms with Crippen molar-refractivity contribution in [2.45, 2.75) is 26.4 Å². The van der Waals surface area contributed by atoms with Crippen molar-refractivity contribution in [3.05, 3.63) is 70.2 Å². The van der Waals surface area contributed by atoms with Crippen molar-refractivity contribution >= 4 is 16.8 Å².